The molecule has 0 aromatic carbocycles. The van der Waals surface area contributed by atoms with Gasteiger partial charge in [-0.1, -0.05) is 5.16 Å². The number of oxime groups is 1. The first-order valence-electron chi connectivity index (χ1n) is 6.44. The van der Waals surface area contributed by atoms with Gasteiger partial charge in [-0.15, -0.1) is 0 Å². The van der Waals surface area contributed by atoms with Crippen molar-refractivity contribution >= 4 is 15.7 Å². The number of sulfone groups is 1. The largest absolute Gasteiger partial charge is 0.409 e. The lowest BCUT2D eigenvalue weighted by molar-refractivity contribution is 0.239. The SMILES string of the molecule is CC(C)N(CCC(N)=NO)CCS(=O)(=O)C(C)(C)C. The summed E-state index contributed by atoms with van der Waals surface area (Å²) in [7, 11) is -3.12. The topological polar surface area (TPSA) is 96.0 Å². The van der Waals surface area contributed by atoms with Crippen LogP contribution in [0, 0.1) is 0 Å². The molecule has 0 aromatic rings. The van der Waals surface area contributed by atoms with Crippen LogP contribution in [0.5, 0.6) is 0 Å². The Morgan fingerprint density at radius 1 is 1.32 bits per heavy atom. The zero-order valence-electron chi connectivity index (χ0n) is 12.5. The van der Waals surface area contributed by atoms with E-state index in [9.17, 15) is 8.42 Å². The molecule has 0 heterocycles. The van der Waals surface area contributed by atoms with Crippen molar-refractivity contribution in [3.05, 3.63) is 0 Å². The zero-order valence-corrected chi connectivity index (χ0v) is 13.4. The van der Waals surface area contributed by atoms with Gasteiger partial charge in [0.2, 0.25) is 0 Å². The molecule has 0 rings (SSSR count). The maximum absolute atomic E-state index is 12.1. The molecule has 7 heteroatoms. The van der Waals surface area contributed by atoms with Crippen LogP contribution >= 0.6 is 0 Å². The molecule has 19 heavy (non-hydrogen) atoms. The number of hydrogen-bond donors (Lipinski definition) is 2. The minimum atomic E-state index is -3.12. The second kappa shape index (κ2) is 7.09. The number of rotatable bonds is 7. The predicted octanol–water partition coefficient (Wildman–Crippen LogP) is 1.05. The van der Waals surface area contributed by atoms with E-state index in [1.807, 2.05) is 18.7 Å². The second-order valence-electron chi connectivity index (χ2n) is 5.90. The quantitative estimate of drug-likeness (QED) is 0.316. The monoisotopic (exact) mass is 293 g/mol. The number of hydrogen-bond acceptors (Lipinski definition) is 5. The lowest BCUT2D eigenvalue weighted by Gasteiger charge is -2.28. The molecule has 0 bridgehead atoms. The standard InChI is InChI=1S/C12H27N3O3S/c1-10(2)15(7-6-11(13)14-16)8-9-19(17,18)12(3,4)5/h10,16H,6-9H2,1-5H3,(H2,13,14). The molecule has 0 radical (unpaired) electrons. The Balaban J connectivity index is 4.55. The van der Waals surface area contributed by atoms with Gasteiger partial charge in [0, 0.05) is 25.6 Å². The molecule has 0 aliphatic carbocycles. The van der Waals surface area contributed by atoms with Crippen molar-refractivity contribution in [3.8, 4) is 0 Å². The van der Waals surface area contributed by atoms with Gasteiger partial charge >= 0.3 is 0 Å². The fourth-order valence-corrected chi connectivity index (χ4v) is 2.57. The summed E-state index contributed by atoms with van der Waals surface area (Å²) in [4.78, 5) is 2.02. The first-order chi connectivity index (χ1) is 8.51. The van der Waals surface area contributed by atoms with E-state index in [0.717, 1.165) is 0 Å². The molecule has 0 aliphatic heterocycles. The van der Waals surface area contributed by atoms with Crippen LogP contribution in [0.15, 0.2) is 5.16 Å². The van der Waals surface area contributed by atoms with Crippen molar-refractivity contribution in [3.63, 3.8) is 0 Å². The minimum absolute atomic E-state index is 0.116. The highest BCUT2D eigenvalue weighted by molar-refractivity contribution is 7.92. The number of amidine groups is 1. The highest BCUT2D eigenvalue weighted by Gasteiger charge is 2.29. The maximum atomic E-state index is 12.1. The molecular weight excluding hydrogens is 266 g/mol. The van der Waals surface area contributed by atoms with Gasteiger partial charge in [-0.05, 0) is 34.6 Å². The van der Waals surface area contributed by atoms with Gasteiger partial charge in [-0.2, -0.15) is 0 Å². The molecule has 0 fully saturated rings. The molecular formula is C12H27N3O3S. The summed E-state index contributed by atoms with van der Waals surface area (Å²) < 4.78 is 23.4. The Morgan fingerprint density at radius 3 is 2.21 bits per heavy atom. The van der Waals surface area contributed by atoms with Crippen molar-refractivity contribution in [2.24, 2.45) is 10.9 Å². The summed E-state index contributed by atoms with van der Waals surface area (Å²) in [6.07, 6.45) is 0.421. The molecule has 0 atom stereocenters. The van der Waals surface area contributed by atoms with Crippen molar-refractivity contribution in [2.45, 2.75) is 51.8 Å². The van der Waals surface area contributed by atoms with E-state index in [2.05, 4.69) is 5.16 Å². The third kappa shape index (κ3) is 6.24. The Labute approximate surface area is 116 Å². The molecule has 6 nitrogen and oxygen atoms in total. The minimum Gasteiger partial charge on any atom is -0.409 e. The van der Waals surface area contributed by atoms with Crippen LogP contribution < -0.4 is 5.73 Å². The molecule has 114 valence electrons. The van der Waals surface area contributed by atoms with E-state index < -0.39 is 14.6 Å². The second-order valence-corrected chi connectivity index (χ2v) is 8.76. The van der Waals surface area contributed by atoms with Gasteiger partial charge in [0.1, 0.15) is 5.84 Å². The van der Waals surface area contributed by atoms with Crippen LogP contribution in [0.3, 0.4) is 0 Å². The van der Waals surface area contributed by atoms with E-state index in [1.165, 1.54) is 0 Å². The summed E-state index contributed by atoms with van der Waals surface area (Å²) in [6.45, 7) is 10.1. The average molecular weight is 293 g/mol. The summed E-state index contributed by atoms with van der Waals surface area (Å²) in [6, 6.07) is 0.210. The van der Waals surface area contributed by atoms with Gasteiger partial charge in [0.25, 0.3) is 0 Å². The maximum Gasteiger partial charge on any atom is 0.156 e. The van der Waals surface area contributed by atoms with Gasteiger partial charge in [0.05, 0.1) is 10.5 Å². The highest BCUT2D eigenvalue weighted by atomic mass is 32.2. The molecule has 0 unspecified atom stereocenters. The number of nitrogens with two attached hydrogens (primary N) is 1. The predicted molar refractivity (Wildman–Crippen MR) is 78.3 cm³/mol. The van der Waals surface area contributed by atoms with Crippen LogP contribution in [0.4, 0.5) is 0 Å². The molecule has 3 N–H and O–H groups in total. The normalized spacial score (nSPS) is 14.4. The van der Waals surface area contributed by atoms with Crippen LogP contribution in [-0.4, -0.2) is 54.0 Å². The van der Waals surface area contributed by atoms with Gasteiger partial charge < -0.3 is 10.9 Å². The van der Waals surface area contributed by atoms with E-state index in [1.54, 1.807) is 20.8 Å². The van der Waals surface area contributed by atoms with Crippen LogP contribution in [0.25, 0.3) is 0 Å². The fourth-order valence-electron chi connectivity index (χ4n) is 1.48. The van der Waals surface area contributed by atoms with Gasteiger partial charge in [-0.25, -0.2) is 8.42 Å². The molecule has 0 saturated heterocycles. The zero-order chi connectivity index (χ0) is 15.3. The highest BCUT2D eigenvalue weighted by Crippen LogP contribution is 2.16. The van der Waals surface area contributed by atoms with E-state index in [0.29, 0.717) is 19.5 Å². The van der Waals surface area contributed by atoms with Gasteiger partial charge in [-0.3, -0.25) is 4.90 Å². The Kier molecular flexibility index (Phi) is 6.79. The Hall–Kier alpha value is -0.820. The third-order valence-corrected chi connectivity index (χ3v) is 5.68. The number of nitrogens with zero attached hydrogens (tertiary/aromatic N) is 2. The third-order valence-electron chi connectivity index (χ3n) is 3.09. The molecule has 0 aliphatic rings. The van der Waals surface area contributed by atoms with Crippen molar-refractivity contribution in [1.29, 1.82) is 0 Å². The van der Waals surface area contributed by atoms with Gasteiger partial charge in [0.15, 0.2) is 9.84 Å². The molecule has 0 saturated carbocycles. The average Bonchev–Trinajstić information content (AvgIpc) is 2.26. The smallest absolute Gasteiger partial charge is 0.156 e. The Morgan fingerprint density at radius 2 is 1.84 bits per heavy atom. The summed E-state index contributed by atoms with van der Waals surface area (Å²) in [5.41, 5.74) is 5.43. The van der Waals surface area contributed by atoms with Crippen molar-refractivity contribution in [1.82, 2.24) is 4.90 Å². The van der Waals surface area contributed by atoms with E-state index >= 15 is 0 Å². The fraction of sp³-hybridized carbons (Fsp3) is 0.917. The van der Waals surface area contributed by atoms with E-state index in [-0.39, 0.29) is 17.6 Å². The molecule has 0 spiro atoms. The van der Waals surface area contributed by atoms with E-state index in [4.69, 9.17) is 10.9 Å². The van der Waals surface area contributed by atoms with Crippen molar-refractivity contribution < 1.29 is 13.6 Å². The first kappa shape index (κ1) is 18.2. The summed E-state index contributed by atoms with van der Waals surface area (Å²) in [5.74, 6) is 0.273. The van der Waals surface area contributed by atoms with Crippen LogP contribution in [0.1, 0.15) is 41.0 Å². The summed E-state index contributed by atoms with van der Waals surface area (Å²) in [5, 5.41) is 11.4. The van der Waals surface area contributed by atoms with Crippen molar-refractivity contribution in [2.75, 3.05) is 18.8 Å². The molecule has 0 amide bonds. The first-order valence-corrected chi connectivity index (χ1v) is 8.09. The van der Waals surface area contributed by atoms with Crippen LogP contribution in [-0.2, 0) is 9.84 Å². The summed E-state index contributed by atoms with van der Waals surface area (Å²) >= 11 is 0. The molecule has 0 aromatic heterocycles. The lowest BCUT2D eigenvalue weighted by atomic mass is 10.2. The van der Waals surface area contributed by atoms with Crippen LogP contribution in [0.2, 0.25) is 0 Å². The Bertz CT molecular complexity index is 397. The lowest BCUT2D eigenvalue weighted by Crippen LogP contribution is -2.40.